The highest BCUT2D eigenvalue weighted by Crippen LogP contribution is 2.15. The molecule has 2 N–H and O–H groups in total. The largest absolute Gasteiger partial charge is 0.477 e. The van der Waals surface area contributed by atoms with Crippen molar-refractivity contribution in [1.82, 2.24) is 15.0 Å². The lowest BCUT2D eigenvalue weighted by atomic mass is 10.1. The van der Waals surface area contributed by atoms with Crippen LogP contribution in [0, 0.1) is 0 Å². The van der Waals surface area contributed by atoms with Crippen molar-refractivity contribution >= 4 is 11.9 Å². The number of hydrogen-bond acceptors (Lipinski definition) is 5. The molecule has 130 valence electrons. The molecule has 0 spiro atoms. The number of hydrogen-bond donors (Lipinski definition) is 2. The number of pyridine rings is 3. The summed E-state index contributed by atoms with van der Waals surface area (Å²) in [6, 6.07) is 14.0. The highest BCUT2D eigenvalue weighted by molar-refractivity contribution is 5.90. The molecular weight excluding hydrogens is 334 g/mol. The van der Waals surface area contributed by atoms with E-state index in [1.165, 1.54) is 12.1 Å². The Labute approximate surface area is 149 Å². The van der Waals surface area contributed by atoms with Crippen LogP contribution in [0.2, 0.25) is 0 Å². The molecule has 0 unspecified atom stereocenters. The Kier molecular flexibility index (Phi) is 4.98. The fourth-order valence-corrected chi connectivity index (χ4v) is 2.50. The first-order valence-corrected chi connectivity index (χ1v) is 7.88. The van der Waals surface area contributed by atoms with E-state index < -0.39 is 11.9 Å². The maximum absolute atomic E-state index is 11.1. The Morgan fingerprint density at radius 2 is 1.50 bits per heavy atom. The van der Waals surface area contributed by atoms with Gasteiger partial charge in [-0.2, -0.15) is 0 Å². The molecule has 0 aromatic carbocycles. The summed E-state index contributed by atoms with van der Waals surface area (Å²) in [6.07, 6.45) is 2.67. The summed E-state index contributed by atoms with van der Waals surface area (Å²) in [6.45, 7) is 0. The molecule has 7 heteroatoms. The van der Waals surface area contributed by atoms with Gasteiger partial charge in [-0.05, 0) is 54.8 Å². The van der Waals surface area contributed by atoms with E-state index >= 15 is 0 Å². The molecular formula is C19H15N3O4. The lowest BCUT2D eigenvalue weighted by molar-refractivity contribution is 0.0685. The quantitative estimate of drug-likeness (QED) is 0.703. The summed E-state index contributed by atoms with van der Waals surface area (Å²) < 4.78 is 0. The first-order valence-electron chi connectivity index (χ1n) is 7.88. The zero-order valence-corrected chi connectivity index (χ0v) is 13.7. The van der Waals surface area contributed by atoms with Crippen LogP contribution in [-0.2, 0) is 12.8 Å². The van der Waals surface area contributed by atoms with E-state index in [4.69, 9.17) is 10.2 Å². The van der Waals surface area contributed by atoms with E-state index in [1.807, 2.05) is 36.4 Å². The highest BCUT2D eigenvalue weighted by atomic mass is 16.4. The minimum Gasteiger partial charge on any atom is -0.477 e. The van der Waals surface area contributed by atoms with Crippen molar-refractivity contribution < 1.29 is 19.8 Å². The molecule has 3 aromatic heterocycles. The van der Waals surface area contributed by atoms with Gasteiger partial charge in [0.05, 0.1) is 11.4 Å². The van der Waals surface area contributed by atoms with Gasteiger partial charge in [0.25, 0.3) is 0 Å². The third kappa shape index (κ3) is 4.07. The van der Waals surface area contributed by atoms with Gasteiger partial charge in [-0.25, -0.2) is 14.6 Å². The van der Waals surface area contributed by atoms with E-state index in [0.29, 0.717) is 18.4 Å². The number of rotatable bonds is 6. The molecule has 0 saturated carbocycles. The van der Waals surface area contributed by atoms with Crippen LogP contribution in [0.15, 0.2) is 54.7 Å². The average Bonchev–Trinajstić information content (AvgIpc) is 2.67. The van der Waals surface area contributed by atoms with Crippen molar-refractivity contribution in [2.45, 2.75) is 12.8 Å². The Balaban J connectivity index is 1.81. The second-order valence-electron chi connectivity index (χ2n) is 5.59. The summed E-state index contributed by atoms with van der Waals surface area (Å²) in [4.78, 5) is 34.7. The van der Waals surface area contributed by atoms with Gasteiger partial charge < -0.3 is 10.2 Å². The molecule has 0 bridgehead atoms. The molecule has 3 rings (SSSR count). The monoisotopic (exact) mass is 349 g/mol. The summed E-state index contributed by atoms with van der Waals surface area (Å²) in [5.74, 6) is -2.52. The smallest absolute Gasteiger partial charge is 0.354 e. The second-order valence-corrected chi connectivity index (χ2v) is 5.59. The molecule has 7 nitrogen and oxygen atoms in total. The molecule has 0 radical (unpaired) electrons. The van der Waals surface area contributed by atoms with Crippen molar-refractivity contribution in [3.05, 3.63) is 77.4 Å². The Morgan fingerprint density at radius 1 is 0.808 bits per heavy atom. The maximum atomic E-state index is 11.1. The highest BCUT2D eigenvalue weighted by Gasteiger charge is 2.13. The van der Waals surface area contributed by atoms with Crippen LogP contribution in [0.3, 0.4) is 0 Å². The van der Waals surface area contributed by atoms with Gasteiger partial charge in [-0.15, -0.1) is 0 Å². The van der Waals surface area contributed by atoms with E-state index in [2.05, 4.69) is 15.0 Å². The van der Waals surface area contributed by atoms with Gasteiger partial charge in [-0.3, -0.25) is 9.97 Å². The molecule has 0 aliphatic rings. The Bertz CT molecular complexity index is 926. The molecule has 0 fully saturated rings. The Hall–Kier alpha value is -3.61. The van der Waals surface area contributed by atoms with Crippen LogP contribution in [0.4, 0.5) is 0 Å². The average molecular weight is 349 g/mol. The molecule has 3 heterocycles. The van der Waals surface area contributed by atoms with Crippen molar-refractivity contribution in [3.63, 3.8) is 0 Å². The second kappa shape index (κ2) is 7.52. The lowest BCUT2D eigenvalue weighted by Gasteiger charge is -2.06. The van der Waals surface area contributed by atoms with Crippen molar-refractivity contribution in [2.24, 2.45) is 0 Å². The van der Waals surface area contributed by atoms with Crippen LogP contribution in [-0.4, -0.2) is 37.1 Å². The number of carboxylic acid groups (broad SMARTS) is 2. The fraction of sp³-hybridized carbons (Fsp3) is 0.105. The SMILES string of the molecule is O=C(O)c1cc(CCc2cccc(-c3ccccn3)n2)cc(C(=O)O)n1. The minimum atomic E-state index is -1.26. The van der Waals surface area contributed by atoms with Gasteiger partial charge in [0.2, 0.25) is 0 Å². The zero-order chi connectivity index (χ0) is 18.5. The predicted octanol–water partition coefficient (Wildman–Crippen LogP) is 2.72. The van der Waals surface area contributed by atoms with Gasteiger partial charge in [0.1, 0.15) is 11.4 Å². The van der Waals surface area contributed by atoms with E-state index in [1.54, 1.807) is 6.20 Å². The fourth-order valence-electron chi connectivity index (χ4n) is 2.50. The maximum Gasteiger partial charge on any atom is 0.354 e. The third-order valence-electron chi connectivity index (χ3n) is 3.73. The predicted molar refractivity (Wildman–Crippen MR) is 93.0 cm³/mol. The number of aromatic carboxylic acids is 2. The van der Waals surface area contributed by atoms with Gasteiger partial charge >= 0.3 is 11.9 Å². The molecule has 26 heavy (non-hydrogen) atoms. The lowest BCUT2D eigenvalue weighted by Crippen LogP contribution is -2.09. The number of carboxylic acids is 2. The van der Waals surface area contributed by atoms with E-state index in [-0.39, 0.29) is 11.4 Å². The summed E-state index contributed by atoms with van der Waals surface area (Å²) >= 11 is 0. The van der Waals surface area contributed by atoms with Crippen LogP contribution in [0.5, 0.6) is 0 Å². The van der Waals surface area contributed by atoms with Crippen molar-refractivity contribution in [2.75, 3.05) is 0 Å². The first kappa shape index (κ1) is 17.2. The topological polar surface area (TPSA) is 113 Å². The molecule has 0 atom stereocenters. The molecule has 0 saturated heterocycles. The standard InChI is InChI=1S/C19H15N3O4/c23-18(24)16-10-12(11-17(22-16)19(25)26)7-8-13-4-3-6-15(21-13)14-5-1-2-9-20-14/h1-6,9-11H,7-8H2,(H,23,24)(H,25,26). The van der Waals surface area contributed by atoms with Crippen molar-refractivity contribution in [3.8, 4) is 11.4 Å². The van der Waals surface area contributed by atoms with Crippen LogP contribution >= 0.6 is 0 Å². The molecule has 3 aromatic rings. The van der Waals surface area contributed by atoms with E-state index in [0.717, 1.165) is 17.1 Å². The number of aryl methyl sites for hydroxylation is 2. The molecule has 0 amide bonds. The van der Waals surface area contributed by atoms with Gasteiger partial charge in [0.15, 0.2) is 0 Å². The van der Waals surface area contributed by atoms with Gasteiger partial charge in [0, 0.05) is 11.9 Å². The van der Waals surface area contributed by atoms with Crippen LogP contribution in [0.25, 0.3) is 11.4 Å². The third-order valence-corrected chi connectivity index (χ3v) is 3.73. The number of carbonyl (C=O) groups is 2. The normalized spacial score (nSPS) is 10.5. The molecule has 0 aliphatic heterocycles. The van der Waals surface area contributed by atoms with Crippen LogP contribution in [0.1, 0.15) is 32.2 Å². The van der Waals surface area contributed by atoms with Crippen molar-refractivity contribution in [1.29, 1.82) is 0 Å². The summed E-state index contributed by atoms with van der Waals surface area (Å²) in [5, 5.41) is 18.2. The first-order chi connectivity index (χ1) is 12.5. The van der Waals surface area contributed by atoms with Gasteiger partial charge in [-0.1, -0.05) is 12.1 Å². The minimum absolute atomic E-state index is 0.282. The number of nitrogens with zero attached hydrogens (tertiary/aromatic N) is 3. The van der Waals surface area contributed by atoms with E-state index in [9.17, 15) is 9.59 Å². The van der Waals surface area contributed by atoms with Crippen LogP contribution < -0.4 is 0 Å². The molecule has 0 aliphatic carbocycles. The summed E-state index contributed by atoms with van der Waals surface area (Å²) in [5.41, 5.74) is 2.33. The number of aromatic nitrogens is 3. The summed E-state index contributed by atoms with van der Waals surface area (Å²) in [7, 11) is 0. The Morgan fingerprint density at radius 3 is 2.12 bits per heavy atom. The zero-order valence-electron chi connectivity index (χ0n) is 13.7.